The van der Waals surface area contributed by atoms with Crippen LogP contribution in [0.1, 0.15) is 31.4 Å². The van der Waals surface area contributed by atoms with Crippen molar-refractivity contribution in [3.8, 4) is 5.75 Å². The van der Waals surface area contributed by atoms with E-state index in [0.29, 0.717) is 5.56 Å². The molecule has 0 saturated carbocycles. The topological polar surface area (TPSA) is 35.2 Å². The van der Waals surface area contributed by atoms with Crippen molar-refractivity contribution in [2.75, 3.05) is 7.11 Å². The van der Waals surface area contributed by atoms with Gasteiger partial charge in [0, 0.05) is 11.6 Å². The summed E-state index contributed by atoms with van der Waals surface area (Å²) in [5.74, 6) is -0.0787. The summed E-state index contributed by atoms with van der Waals surface area (Å²) >= 11 is 0. The van der Waals surface area contributed by atoms with Gasteiger partial charge in [0.2, 0.25) is 0 Å². The fourth-order valence-corrected chi connectivity index (χ4v) is 1.44. The Labute approximate surface area is 83.9 Å². The lowest BCUT2D eigenvalue weighted by Gasteiger charge is -2.13. The third-order valence-corrected chi connectivity index (χ3v) is 2.21. The molecule has 0 aliphatic heterocycles. The average molecular weight is 197 g/mol. The van der Waals surface area contributed by atoms with E-state index in [9.17, 15) is 4.39 Å². The van der Waals surface area contributed by atoms with Crippen molar-refractivity contribution in [3.05, 3.63) is 29.6 Å². The summed E-state index contributed by atoms with van der Waals surface area (Å²) in [6.45, 7) is 2.03. The van der Waals surface area contributed by atoms with Crippen molar-refractivity contribution in [2.24, 2.45) is 5.73 Å². The van der Waals surface area contributed by atoms with Crippen molar-refractivity contribution in [3.63, 3.8) is 0 Å². The fourth-order valence-electron chi connectivity index (χ4n) is 1.44. The van der Waals surface area contributed by atoms with Crippen molar-refractivity contribution in [1.82, 2.24) is 0 Å². The smallest absolute Gasteiger partial charge is 0.169 e. The summed E-state index contributed by atoms with van der Waals surface area (Å²) in [7, 11) is 1.45. The van der Waals surface area contributed by atoms with Crippen LogP contribution < -0.4 is 10.5 Å². The number of nitrogens with two attached hydrogens (primary N) is 1. The number of halogens is 1. The quantitative estimate of drug-likeness (QED) is 0.805. The van der Waals surface area contributed by atoms with Crippen LogP contribution >= 0.6 is 0 Å². The van der Waals surface area contributed by atoms with E-state index >= 15 is 0 Å². The van der Waals surface area contributed by atoms with E-state index < -0.39 is 0 Å². The van der Waals surface area contributed by atoms with E-state index in [2.05, 4.69) is 0 Å². The molecular formula is C11H16FNO. The Morgan fingerprint density at radius 3 is 2.79 bits per heavy atom. The van der Waals surface area contributed by atoms with Gasteiger partial charge in [0.25, 0.3) is 0 Å². The zero-order chi connectivity index (χ0) is 10.6. The first kappa shape index (κ1) is 11.0. The molecule has 2 N–H and O–H groups in total. The highest BCUT2D eigenvalue weighted by Gasteiger charge is 2.13. The second kappa shape index (κ2) is 4.96. The van der Waals surface area contributed by atoms with Gasteiger partial charge in [-0.2, -0.15) is 0 Å². The highest BCUT2D eigenvalue weighted by molar-refractivity contribution is 5.32. The van der Waals surface area contributed by atoms with Crippen LogP contribution in [0.15, 0.2) is 18.2 Å². The monoisotopic (exact) mass is 197 g/mol. The Kier molecular flexibility index (Phi) is 3.89. The molecule has 0 amide bonds. The molecule has 0 aromatic heterocycles. The zero-order valence-corrected chi connectivity index (χ0v) is 8.59. The van der Waals surface area contributed by atoms with Crippen LogP contribution in [-0.2, 0) is 0 Å². The third-order valence-electron chi connectivity index (χ3n) is 2.21. The highest BCUT2D eigenvalue weighted by atomic mass is 19.1. The van der Waals surface area contributed by atoms with E-state index in [1.807, 2.05) is 6.92 Å². The molecule has 0 aliphatic rings. The summed E-state index contributed by atoms with van der Waals surface area (Å²) in [5.41, 5.74) is 6.37. The minimum atomic E-state index is -0.337. The van der Waals surface area contributed by atoms with Gasteiger partial charge in [-0.1, -0.05) is 25.5 Å². The van der Waals surface area contributed by atoms with Gasteiger partial charge in [-0.25, -0.2) is 4.39 Å². The predicted octanol–water partition coefficient (Wildman–Crippen LogP) is 2.63. The molecule has 1 aromatic rings. The Morgan fingerprint density at radius 1 is 1.50 bits per heavy atom. The molecule has 78 valence electrons. The van der Waals surface area contributed by atoms with Crippen LogP contribution in [0.5, 0.6) is 5.75 Å². The number of hydrogen-bond acceptors (Lipinski definition) is 2. The zero-order valence-electron chi connectivity index (χ0n) is 8.59. The van der Waals surface area contributed by atoms with E-state index in [0.717, 1.165) is 12.8 Å². The van der Waals surface area contributed by atoms with Crippen molar-refractivity contribution < 1.29 is 9.13 Å². The van der Waals surface area contributed by atoms with Crippen LogP contribution in [0.25, 0.3) is 0 Å². The summed E-state index contributed by atoms with van der Waals surface area (Å²) in [4.78, 5) is 0. The maximum absolute atomic E-state index is 13.6. The molecule has 0 heterocycles. The van der Waals surface area contributed by atoms with Gasteiger partial charge in [0.05, 0.1) is 7.11 Å². The second-order valence-electron chi connectivity index (χ2n) is 3.26. The number of ether oxygens (including phenoxy) is 1. The summed E-state index contributed by atoms with van der Waals surface area (Å²) in [6, 6.07) is 4.82. The van der Waals surface area contributed by atoms with E-state index in [1.165, 1.54) is 7.11 Å². The van der Waals surface area contributed by atoms with Crippen molar-refractivity contribution in [2.45, 2.75) is 25.8 Å². The molecule has 1 aromatic carbocycles. The minimum absolute atomic E-state index is 0.241. The lowest BCUT2D eigenvalue weighted by atomic mass is 10.0. The van der Waals surface area contributed by atoms with Gasteiger partial charge in [-0.15, -0.1) is 0 Å². The number of benzene rings is 1. The molecule has 0 bridgehead atoms. The lowest BCUT2D eigenvalue weighted by Crippen LogP contribution is -2.12. The SMILES string of the molecule is CCCC(N)c1cccc(OC)c1F. The van der Waals surface area contributed by atoms with Crippen LogP contribution in [0.3, 0.4) is 0 Å². The Morgan fingerprint density at radius 2 is 2.21 bits per heavy atom. The lowest BCUT2D eigenvalue weighted by molar-refractivity contribution is 0.381. The standard InChI is InChI=1S/C11H16FNO/c1-3-5-9(13)8-6-4-7-10(14-2)11(8)12/h4,6-7,9H,3,5,13H2,1-2H3. The van der Waals surface area contributed by atoms with Gasteiger partial charge in [0.1, 0.15) is 0 Å². The maximum atomic E-state index is 13.6. The van der Waals surface area contributed by atoms with E-state index in [1.54, 1.807) is 18.2 Å². The van der Waals surface area contributed by atoms with Crippen LogP contribution in [0, 0.1) is 5.82 Å². The first-order valence-electron chi connectivity index (χ1n) is 4.78. The first-order valence-corrected chi connectivity index (χ1v) is 4.78. The molecular weight excluding hydrogens is 181 g/mol. The second-order valence-corrected chi connectivity index (χ2v) is 3.26. The number of rotatable bonds is 4. The van der Waals surface area contributed by atoms with Crippen LogP contribution in [0.2, 0.25) is 0 Å². The molecule has 0 spiro atoms. The van der Waals surface area contributed by atoms with Gasteiger partial charge in [-0.3, -0.25) is 0 Å². The third kappa shape index (κ3) is 2.23. The van der Waals surface area contributed by atoms with Gasteiger partial charge >= 0.3 is 0 Å². The molecule has 3 heteroatoms. The van der Waals surface area contributed by atoms with Crippen LogP contribution in [-0.4, -0.2) is 7.11 Å². The summed E-state index contributed by atoms with van der Waals surface area (Å²) in [5, 5.41) is 0. The number of hydrogen-bond donors (Lipinski definition) is 1. The van der Waals surface area contributed by atoms with Crippen molar-refractivity contribution >= 4 is 0 Å². The minimum Gasteiger partial charge on any atom is -0.494 e. The average Bonchev–Trinajstić information content (AvgIpc) is 2.18. The number of methoxy groups -OCH3 is 1. The molecule has 0 saturated heterocycles. The van der Waals surface area contributed by atoms with Gasteiger partial charge < -0.3 is 10.5 Å². The largest absolute Gasteiger partial charge is 0.494 e. The maximum Gasteiger partial charge on any atom is 0.169 e. The molecule has 0 fully saturated rings. The van der Waals surface area contributed by atoms with E-state index in [4.69, 9.17) is 10.5 Å². The molecule has 1 unspecified atom stereocenters. The normalized spacial score (nSPS) is 12.6. The van der Waals surface area contributed by atoms with Crippen molar-refractivity contribution in [1.29, 1.82) is 0 Å². The molecule has 2 nitrogen and oxygen atoms in total. The molecule has 1 rings (SSSR count). The summed E-state index contributed by atoms with van der Waals surface area (Å²) in [6.07, 6.45) is 1.72. The van der Waals surface area contributed by atoms with Gasteiger partial charge in [-0.05, 0) is 12.5 Å². The van der Waals surface area contributed by atoms with Gasteiger partial charge in [0.15, 0.2) is 11.6 Å². The highest BCUT2D eigenvalue weighted by Crippen LogP contribution is 2.25. The molecule has 0 radical (unpaired) electrons. The van der Waals surface area contributed by atoms with Crippen LogP contribution in [0.4, 0.5) is 4.39 Å². The Bertz CT molecular complexity index is 301. The van der Waals surface area contributed by atoms with E-state index in [-0.39, 0.29) is 17.6 Å². The Hall–Kier alpha value is -1.09. The Balaban J connectivity index is 2.96. The summed E-state index contributed by atoms with van der Waals surface area (Å²) < 4.78 is 18.5. The molecule has 0 aliphatic carbocycles. The molecule has 14 heavy (non-hydrogen) atoms. The molecule has 1 atom stereocenters. The predicted molar refractivity (Wildman–Crippen MR) is 54.8 cm³/mol. The fraction of sp³-hybridized carbons (Fsp3) is 0.455. The first-order chi connectivity index (χ1) is 6.70.